The first-order valence-corrected chi connectivity index (χ1v) is 9.35. The second kappa shape index (κ2) is 9.15. The number of nitrogens with zero attached hydrogens (tertiary/aromatic N) is 1. The van der Waals surface area contributed by atoms with E-state index < -0.39 is 0 Å². The van der Waals surface area contributed by atoms with E-state index in [0.717, 1.165) is 17.9 Å². The van der Waals surface area contributed by atoms with Gasteiger partial charge in [-0.1, -0.05) is 47.5 Å². The molecule has 0 unspecified atom stereocenters. The Balaban J connectivity index is 2.80. The van der Waals surface area contributed by atoms with Crippen LogP contribution in [0.2, 0.25) is 0 Å². The van der Waals surface area contributed by atoms with Crippen LogP contribution in [0.4, 0.5) is 0 Å². The molecule has 0 heterocycles. The van der Waals surface area contributed by atoms with E-state index in [-0.39, 0.29) is 0 Å². The Kier molecular flexibility index (Phi) is 8.26. The smallest absolute Gasteiger partial charge is 0.00903 e. The highest BCUT2D eigenvalue weighted by Crippen LogP contribution is 2.39. The summed E-state index contributed by atoms with van der Waals surface area (Å²) in [6.07, 6.45) is 8.22. The Morgan fingerprint density at radius 3 is 2.14 bits per heavy atom. The lowest BCUT2D eigenvalue weighted by molar-refractivity contribution is 0.0539. The van der Waals surface area contributed by atoms with Gasteiger partial charge in [0.25, 0.3) is 0 Å². The van der Waals surface area contributed by atoms with Gasteiger partial charge in [-0.25, -0.2) is 0 Å². The first kappa shape index (κ1) is 19.0. The summed E-state index contributed by atoms with van der Waals surface area (Å²) in [6, 6.07) is 0.764. The monoisotopic (exact) mass is 296 g/mol. The molecule has 1 N–H and O–H groups in total. The first-order valence-electron chi connectivity index (χ1n) is 9.35. The predicted molar refractivity (Wildman–Crippen MR) is 94.8 cm³/mol. The summed E-state index contributed by atoms with van der Waals surface area (Å²) in [4.78, 5) is 2.82. The maximum Gasteiger partial charge on any atom is 0.00903 e. The van der Waals surface area contributed by atoms with E-state index in [1.165, 1.54) is 58.2 Å². The van der Waals surface area contributed by atoms with Crippen molar-refractivity contribution in [2.24, 2.45) is 17.3 Å². The average Bonchev–Trinajstić information content (AvgIpc) is 2.43. The minimum absolute atomic E-state index is 0.513. The van der Waals surface area contributed by atoms with Crippen molar-refractivity contribution in [2.75, 3.05) is 26.7 Å². The zero-order valence-electron chi connectivity index (χ0n) is 15.5. The molecule has 1 fully saturated rings. The molecule has 0 bridgehead atoms. The predicted octanol–water partition coefficient (Wildman–Crippen LogP) is 4.55. The third-order valence-electron chi connectivity index (χ3n) is 5.48. The highest BCUT2D eigenvalue weighted by molar-refractivity contribution is 4.90. The minimum Gasteiger partial charge on any atom is -0.319 e. The van der Waals surface area contributed by atoms with Crippen LogP contribution in [0.15, 0.2) is 0 Å². The maximum absolute atomic E-state index is 3.50. The van der Waals surface area contributed by atoms with Gasteiger partial charge in [0.15, 0.2) is 0 Å². The van der Waals surface area contributed by atoms with Crippen LogP contribution in [0.1, 0.15) is 73.1 Å². The van der Waals surface area contributed by atoms with Crippen molar-refractivity contribution >= 4 is 0 Å². The number of hydrogen-bond donors (Lipinski definition) is 1. The van der Waals surface area contributed by atoms with Gasteiger partial charge in [0, 0.05) is 25.7 Å². The fourth-order valence-electron chi connectivity index (χ4n) is 4.19. The molecular formula is C19H40N2. The van der Waals surface area contributed by atoms with E-state index in [1.54, 1.807) is 0 Å². The molecule has 21 heavy (non-hydrogen) atoms. The van der Waals surface area contributed by atoms with Crippen LogP contribution >= 0.6 is 0 Å². The molecule has 2 heteroatoms. The van der Waals surface area contributed by atoms with Gasteiger partial charge in [-0.2, -0.15) is 0 Å². The molecule has 1 aliphatic carbocycles. The van der Waals surface area contributed by atoms with Crippen LogP contribution in [0, 0.1) is 17.3 Å². The lowest BCUT2D eigenvalue weighted by Gasteiger charge is -2.45. The van der Waals surface area contributed by atoms with E-state index in [2.05, 4.69) is 51.9 Å². The number of rotatable bonds is 9. The molecule has 0 aromatic heterocycles. The van der Waals surface area contributed by atoms with Gasteiger partial charge >= 0.3 is 0 Å². The summed E-state index contributed by atoms with van der Waals surface area (Å²) in [7, 11) is 2.13. The van der Waals surface area contributed by atoms with Crippen LogP contribution in [0.25, 0.3) is 0 Å². The molecule has 1 saturated carbocycles. The summed E-state index contributed by atoms with van der Waals surface area (Å²) in [6.45, 7) is 15.6. The summed E-state index contributed by atoms with van der Waals surface area (Å²) in [5, 5.41) is 3.50. The molecule has 0 spiro atoms. The standard InChI is InChI=1S/C19H40N2/c1-7-18(8-2)21(13-16(3)4)15-19(14-20-6)11-9-17(5)10-12-19/h16-18,20H,7-15H2,1-6H3. The van der Waals surface area contributed by atoms with E-state index in [4.69, 9.17) is 0 Å². The Labute approximate surface area is 134 Å². The molecule has 0 amide bonds. The van der Waals surface area contributed by atoms with Crippen LogP contribution in [-0.2, 0) is 0 Å². The van der Waals surface area contributed by atoms with Crippen molar-refractivity contribution in [3.63, 3.8) is 0 Å². The van der Waals surface area contributed by atoms with Crippen molar-refractivity contribution in [3.05, 3.63) is 0 Å². The van der Waals surface area contributed by atoms with Crippen LogP contribution in [-0.4, -0.2) is 37.6 Å². The van der Waals surface area contributed by atoms with E-state index in [0.29, 0.717) is 5.41 Å². The Bertz CT molecular complexity index is 263. The fourth-order valence-corrected chi connectivity index (χ4v) is 4.19. The quantitative estimate of drug-likeness (QED) is 0.671. The zero-order chi connectivity index (χ0) is 15.9. The molecule has 1 aliphatic rings. The second-order valence-corrected chi connectivity index (χ2v) is 8.01. The van der Waals surface area contributed by atoms with Gasteiger partial charge in [0.2, 0.25) is 0 Å². The summed E-state index contributed by atoms with van der Waals surface area (Å²) in [5.74, 6) is 1.70. The molecular weight excluding hydrogens is 256 g/mol. The molecule has 0 aliphatic heterocycles. The molecule has 126 valence electrons. The zero-order valence-corrected chi connectivity index (χ0v) is 15.5. The van der Waals surface area contributed by atoms with E-state index in [1.807, 2.05) is 0 Å². The van der Waals surface area contributed by atoms with E-state index in [9.17, 15) is 0 Å². The third kappa shape index (κ3) is 5.90. The SMILES string of the molecule is CCC(CC)N(CC(C)C)CC1(CNC)CCC(C)CC1. The summed E-state index contributed by atoms with van der Waals surface area (Å²) >= 11 is 0. The molecule has 0 atom stereocenters. The van der Waals surface area contributed by atoms with Crippen molar-refractivity contribution in [3.8, 4) is 0 Å². The highest BCUT2D eigenvalue weighted by atomic mass is 15.2. The average molecular weight is 297 g/mol. The van der Waals surface area contributed by atoms with Gasteiger partial charge < -0.3 is 5.32 Å². The lowest BCUT2D eigenvalue weighted by Crippen LogP contribution is -2.49. The van der Waals surface area contributed by atoms with E-state index >= 15 is 0 Å². The third-order valence-corrected chi connectivity index (χ3v) is 5.48. The number of hydrogen-bond acceptors (Lipinski definition) is 2. The maximum atomic E-state index is 3.50. The second-order valence-electron chi connectivity index (χ2n) is 8.01. The molecule has 0 aromatic rings. The van der Waals surface area contributed by atoms with Gasteiger partial charge in [0.05, 0.1) is 0 Å². The molecule has 0 aromatic carbocycles. The highest BCUT2D eigenvalue weighted by Gasteiger charge is 2.36. The van der Waals surface area contributed by atoms with Crippen LogP contribution < -0.4 is 5.32 Å². The molecule has 1 rings (SSSR count). The van der Waals surface area contributed by atoms with Gasteiger partial charge in [-0.3, -0.25) is 4.90 Å². The van der Waals surface area contributed by atoms with Gasteiger partial charge in [0.1, 0.15) is 0 Å². The lowest BCUT2D eigenvalue weighted by atomic mass is 9.70. The minimum atomic E-state index is 0.513. The molecule has 0 radical (unpaired) electrons. The van der Waals surface area contributed by atoms with Crippen LogP contribution in [0.5, 0.6) is 0 Å². The summed E-state index contributed by atoms with van der Waals surface area (Å²) < 4.78 is 0. The molecule has 2 nitrogen and oxygen atoms in total. The van der Waals surface area contributed by atoms with Crippen molar-refractivity contribution in [1.82, 2.24) is 10.2 Å². The first-order chi connectivity index (χ1) is 9.96. The largest absolute Gasteiger partial charge is 0.319 e. The molecule has 0 saturated heterocycles. The topological polar surface area (TPSA) is 15.3 Å². The normalized spacial score (nSPS) is 27.0. The summed E-state index contributed by atoms with van der Waals surface area (Å²) in [5.41, 5.74) is 0.513. The van der Waals surface area contributed by atoms with Crippen molar-refractivity contribution < 1.29 is 0 Å². The fraction of sp³-hybridized carbons (Fsp3) is 1.00. The van der Waals surface area contributed by atoms with Crippen LogP contribution in [0.3, 0.4) is 0 Å². The van der Waals surface area contributed by atoms with Gasteiger partial charge in [-0.05, 0) is 50.0 Å². The van der Waals surface area contributed by atoms with Crippen molar-refractivity contribution in [1.29, 1.82) is 0 Å². The Morgan fingerprint density at radius 2 is 1.71 bits per heavy atom. The number of nitrogens with one attached hydrogen (secondary N) is 1. The van der Waals surface area contributed by atoms with Crippen molar-refractivity contribution in [2.45, 2.75) is 79.2 Å². The Hall–Kier alpha value is -0.0800. The Morgan fingerprint density at radius 1 is 1.14 bits per heavy atom. The van der Waals surface area contributed by atoms with Gasteiger partial charge in [-0.15, -0.1) is 0 Å².